The van der Waals surface area contributed by atoms with E-state index in [9.17, 15) is 17.6 Å². The van der Waals surface area contributed by atoms with Crippen molar-refractivity contribution < 1.29 is 17.6 Å². The number of carbonyl (C=O) groups is 1. The standard InChI is InChI=1S/C22H29FN2O3S/c1-5-20(25(29(4,27)28)21-14-10-9-13-18(21)23)22(26)24-19(15-16(2)3)17-11-7-6-8-12-17/h6-14,16,19-20H,5,15H2,1-4H3,(H,24,26)/t19-,20+/m0/s1. The highest BCUT2D eigenvalue weighted by Gasteiger charge is 2.34. The number of rotatable bonds is 9. The molecule has 1 N–H and O–H groups in total. The summed E-state index contributed by atoms with van der Waals surface area (Å²) in [6.45, 7) is 5.83. The number of sulfonamides is 1. The van der Waals surface area contributed by atoms with Crippen LogP contribution in [0.4, 0.5) is 10.1 Å². The minimum atomic E-state index is -3.89. The summed E-state index contributed by atoms with van der Waals surface area (Å²) in [5, 5.41) is 2.99. The molecule has 2 aromatic rings. The molecule has 2 aromatic carbocycles. The SMILES string of the molecule is CC[C@H](C(=O)N[C@@H](CC(C)C)c1ccccc1)N(c1ccccc1F)S(C)(=O)=O. The van der Waals surface area contributed by atoms with Gasteiger partial charge in [-0.2, -0.15) is 0 Å². The molecule has 0 unspecified atom stereocenters. The molecule has 0 heterocycles. The Morgan fingerprint density at radius 2 is 1.66 bits per heavy atom. The topological polar surface area (TPSA) is 66.5 Å². The van der Waals surface area contributed by atoms with Crippen LogP contribution in [0.3, 0.4) is 0 Å². The van der Waals surface area contributed by atoms with Crippen LogP contribution >= 0.6 is 0 Å². The van der Waals surface area contributed by atoms with E-state index in [1.54, 1.807) is 13.0 Å². The molecule has 0 fully saturated rings. The van der Waals surface area contributed by atoms with Gasteiger partial charge in [0.05, 0.1) is 18.0 Å². The van der Waals surface area contributed by atoms with Crippen molar-refractivity contribution in [1.29, 1.82) is 0 Å². The molecule has 0 aromatic heterocycles. The monoisotopic (exact) mass is 420 g/mol. The van der Waals surface area contributed by atoms with Gasteiger partial charge >= 0.3 is 0 Å². The molecular weight excluding hydrogens is 391 g/mol. The molecule has 0 aliphatic carbocycles. The molecule has 0 saturated carbocycles. The van der Waals surface area contributed by atoms with Crippen LogP contribution in [0, 0.1) is 11.7 Å². The lowest BCUT2D eigenvalue weighted by Gasteiger charge is -2.32. The fourth-order valence-electron chi connectivity index (χ4n) is 3.37. The number of anilines is 1. The molecule has 0 aliphatic heterocycles. The second kappa shape index (κ2) is 9.87. The van der Waals surface area contributed by atoms with Gasteiger partial charge in [-0.25, -0.2) is 12.8 Å². The second-order valence-electron chi connectivity index (χ2n) is 7.54. The summed E-state index contributed by atoms with van der Waals surface area (Å²) in [4.78, 5) is 13.2. The van der Waals surface area contributed by atoms with Crippen molar-refractivity contribution in [2.45, 2.75) is 45.7 Å². The fourth-order valence-corrected chi connectivity index (χ4v) is 4.58. The number of carbonyl (C=O) groups excluding carboxylic acids is 1. The number of amides is 1. The summed E-state index contributed by atoms with van der Waals surface area (Å²) in [6.07, 6.45) is 1.89. The van der Waals surface area contributed by atoms with Gasteiger partial charge in [0.1, 0.15) is 11.9 Å². The number of hydrogen-bond donors (Lipinski definition) is 1. The maximum atomic E-state index is 14.4. The summed E-state index contributed by atoms with van der Waals surface area (Å²) in [5.74, 6) is -0.820. The summed E-state index contributed by atoms with van der Waals surface area (Å²) in [5.41, 5.74) is 0.818. The number of para-hydroxylation sites is 1. The number of halogens is 1. The molecule has 158 valence electrons. The molecule has 0 spiro atoms. The molecule has 7 heteroatoms. The Morgan fingerprint density at radius 3 is 2.17 bits per heavy atom. The quantitative estimate of drug-likeness (QED) is 0.659. The molecule has 0 bridgehead atoms. The number of nitrogens with zero attached hydrogens (tertiary/aromatic N) is 1. The highest BCUT2D eigenvalue weighted by atomic mass is 32.2. The Hall–Kier alpha value is -2.41. The first-order chi connectivity index (χ1) is 13.6. The Kier molecular flexibility index (Phi) is 7.79. The van der Waals surface area contributed by atoms with Crippen molar-refractivity contribution in [3.63, 3.8) is 0 Å². The first-order valence-electron chi connectivity index (χ1n) is 9.74. The van der Waals surface area contributed by atoms with Crippen LogP contribution in [0.2, 0.25) is 0 Å². The Bertz CT molecular complexity index is 917. The van der Waals surface area contributed by atoms with Crippen LogP contribution in [0.1, 0.15) is 45.2 Å². The van der Waals surface area contributed by atoms with E-state index in [2.05, 4.69) is 19.2 Å². The van der Waals surface area contributed by atoms with E-state index >= 15 is 0 Å². The molecule has 29 heavy (non-hydrogen) atoms. The van der Waals surface area contributed by atoms with Gasteiger partial charge in [-0.15, -0.1) is 0 Å². The minimum absolute atomic E-state index is 0.128. The predicted molar refractivity (Wildman–Crippen MR) is 115 cm³/mol. The molecule has 2 atom stereocenters. The van der Waals surface area contributed by atoms with Gasteiger partial charge in [-0.3, -0.25) is 9.10 Å². The highest BCUT2D eigenvalue weighted by Crippen LogP contribution is 2.27. The molecule has 0 saturated heterocycles. The van der Waals surface area contributed by atoms with Crippen LogP contribution in [0.5, 0.6) is 0 Å². The zero-order valence-corrected chi connectivity index (χ0v) is 18.1. The van der Waals surface area contributed by atoms with E-state index in [0.29, 0.717) is 12.3 Å². The lowest BCUT2D eigenvalue weighted by Crippen LogP contribution is -2.50. The van der Waals surface area contributed by atoms with E-state index in [4.69, 9.17) is 0 Å². The largest absolute Gasteiger partial charge is 0.347 e. The van der Waals surface area contributed by atoms with Crippen molar-refractivity contribution in [2.24, 2.45) is 5.92 Å². The van der Waals surface area contributed by atoms with Crippen molar-refractivity contribution in [2.75, 3.05) is 10.6 Å². The first kappa shape index (κ1) is 22.9. The number of nitrogens with one attached hydrogen (secondary N) is 1. The minimum Gasteiger partial charge on any atom is -0.347 e. The van der Waals surface area contributed by atoms with Crippen molar-refractivity contribution in [3.8, 4) is 0 Å². The molecule has 0 radical (unpaired) electrons. The fraction of sp³-hybridized carbons (Fsp3) is 0.409. The molecule has 2 rings (SSSR count). The Morgan fingerprint density at radius 1 is 1.07 bits per heavy atom. The first-order valence-corrected chi connectivity index (χ1v) is 11.6. The summed E-state index contributed by atoms with van der Waals surface area (Å²) in [6, 6.07) is 13.8. The molecule has 5 nitrogen and oxygen atoms in total. The highest BCUT2D eigenvalue weighted by molar-refractivity contribution is 7.92. The van der Waals surface area contributed by atoms with E-state index < -0.39 is 27.8 Å². The van der Waals surface area contributed by atoms with Gasteiger partial charge in [0.2, 0.25) is 15.9 Å². The van der Waals surface area contributed by atoms with Gasteiger partial charge in [-0.05, 0) is 36.5 Å². The zero-order chi connectivity index (χ0) is 21.6. The number of hydrogen-bond acceptors (Lipinski definition) is 3. The maximum Gasteiger partial charge on any atom is 0.244 e. The molecular formula is C22H29FN2O3S. The third-order valence-corrected chi connectivity index (χ3v) is 5.81. The summed E-state index contributed by atoms with van der Waals surface area (Å²) < 4.78 is 40.3. The smallest absolute Gasteiger partial charge is 0.244 e. The third-order valence-electron chi connectivity index (χ3n) is 4.65. The average molecular weight is 421 g/mol. The van der Waals surface area contributed by atoms with Gasteiger partial charge in [0.15, 0.2) is 0 Å². The lowest BCUT2D eigenvalue weighted by molar-refractivity contribution is -0.123. The van der Waals surface area contributed by atoms with Gasteiger partial charge in [0, 0.05) is 0 Å². The maximum absolute atomic E-state index is 14.4. The van der Waals surface area contributed by atoms with Crippen LogP contribution in [0.25, 0.3) is 0 Å². The number of benzene rings is 2. The lowest BCUT2D eigenvalue weighted by atomic mass is 9.96. The van der Waals surface area contributed by atoms with Crippen molar-refractivity contribution in [3.05, 3.63) is 66.0 Å². The van der Waals surface area contributed by atoms with Crippen molar-refractivity contribution >= 4 is 21.6 Å². The Balaban J connectivity index is 2.39. The Labute approximate surface area is 173 Å². The van der Waals surface area contributed by atoms with Gasteiger partial charge < -0.3 is 5.32 Å². The second-order valence-corrected chi connectivity index (χ2v) is 9.40. The average Bonchev–Trinajstić information content (AvgIpc) is 2.65. The van der Waals surface area contributed by atoms with Crippen LogP contribution in [-0.4, -0.2) is 26.6 Å². The molecule has 1 amide bonds. The van der Waals surface area contributed by atoms with E-state index in [1.165, 1.54) is 18.2 Å². The van der Waals surface area contributed by atoms with Crippen LogP contribution in [0.15, 0.2) is 54.6 Å². The van der Waals surface area contributed by atoms with Crippen LogP contribution in [-0.2, 0) is 14.8 Å². The van der Waals surface area contributed by atoms with Gasteiger partial charge in [-0.1, -0.05) is 63.2 Å². The van der Waals surface area contributed by atoms with Crippen molar-refractivity contribution in [1.82, 2.24) is 5.32 Å². The van der Waals surface area contributed by atoms with Gasteiger partial charge in [0.25, 0.3) is 0 Å². The zero-order valence-electron chi connectivity index (χ0n) is 17.3. The third kappa shape index (κ3) is 6.03. The van der Waals surface area contributed by atoms with E-state index in [1.807, 2.05) is 30.3 Å². The summed E-state index contributed by atoms with van der Waals surface area (Å²) >= 11 is 0. The normalized spacial score (nSPS) is 13.7. The van der Waals surface area contributed by atoms with E-state index in [-0.39, 0.29) is 18.2 Å². The molecule has 0 aliphatic rings. The summed E-state index contributed by atoms with van der Waals surface area (Å²) in [7, 11) is -3.89. The van der Waals surface area contributed by atoms with E-state index in [0.717, 1.165) is 16.1 Å². The van der Waals surface area contributed by atoms with Crippen LogP contribution < -0.4 is 9.62 Å². The predicted octanol–water partition coefficient (Wildman–Crippen LogP) is 4.27.